The van der Waals surface area contributed by atoms with Crippen LogP contribution in [0.2, 0.25) is 0 Å². The molecule has 2 aromatic rings. The zero-order valence-corrected chi connectivity index (χ0v) is 14.4. The van der Waals surface area contributed by atoms with Crippen molar-refractivity contribution in [3.05, 3.63) is 46.4 Å². The van der Waals surface area contributed by atoms with Crippen LogP contribution in [0.1, 0.15) is 31.1 Å². The van der Waals surface area contributed by atoms with Gasteiger partial charge in [0.05, 0.1) is 0 Å². The van der Waals surface area contributed by atoms with Gasteiger partial charge < -0.3 is 20.7 Å². The second-order valence-corrected chi connectivity index (χ2v) is 6.12. The van der Waals surface area contributed by atoms with E-state index in [1.807, 2.05) is 0 Å². The maximum atomic E-state index is 12.2. The number of carboxylic acids is 1. The lowest BCUT2D eigenvalue weighted by molar-refractivity contribution is -0.128. The number of aromatic nitrogens is 2. The Hall–Kier alpha value is -3.49. The van der Waals surface area contributed by atoms with Crippen LogP contribution in [0.3, 0.4) is 0 Å². The SMILES string of the molecule is CC(=O)NC(C)(C)C(=O)Nc1ccc(-c2ncc(C(=O)O)c(=O)[nH]2)cc1. The maximum absolute atomic E-state index is 12.2. The van der Waals surface area contributed by atoms with Gasteiger partial charge in [0.15, 0.2) is 0 Å². The number of carboxylic acid groups (broad SMARTS) is 1. The fourth-order valence-electron chi connectivity index (χ4n) is 2.19. The summed E-state index contributed by atoms with van der Waals surface area (Å²) >= 11 is 0. The van der Waals surface area contributed by atoms with Crippen molar-refractivity contribution in [2.45, 2.75) is 26.3 Å². The highest BCUT2D eigenvalue weighted by Gasteiger charge is 2.28. The molecule has 0 saturated heterocycles. The first kappa shape index (κ1) is 18.8. The third-order valence-electron chi connectivity index (χ3n) is 3.50. The van der Waals surface area contributed by atoms with Gasteiger partial charge in [-0.25, -0.2) is 9.78 Å². The zero-order valence-electron chi connectivity index (χ0n) is 14.4. The Morgan fingerprint density at radius 3 is 2.27 bits per heavy atom. The van der Waals surface area contributed by atoms with Crippen LogP contribution >= 0.6 is 0 Å². The molecular formula is C17H18N4O5. The number of benzene rings is 1. The van der Waals surface area contributed by atoms with Gasteiger partial charge in [-0.1, -0.05) is 0 Å². The first-order valence-corrected chi connectivity index (χ1v) is 7.63. The number of rotatable bonds is 5. The molecule has 0 bridgehead atoms. The van der Waals surface area contributed by atoms with Gasteiger partial charge in [0, 0.05) is 24.4 Å². The topological polar surface area (TPSA) is 141 Å². The van der Waals surface area contributed by atoms with Crippen molar-refractivity contribution in [3.8, 4) is 11.4 Å². The fourth-order valence-corrected chi connectivity index (χ4v) is 2.19. The first-order chi connectivity index (χ1) is 12.1. The number of aromatic carboxylic acids is 1. The van der Waals surface area contributed by atoms with Gasteiger partial charge >= 0.3 is 5.97 Å². The predicted molar refractivity (Wildman–Crippen MR) is 93.8 cm³/mol. The Morgan fingerprint density at radius 1 is 1.15 bits per heavy atom. The average Bonchev–Trinajstić information content (AvgIpc) is 2.53. The molecule has 0 aliphatic carbocycles. The second-order valence-electron chi connectivity index (χ2n) is 6.12. The normalized spacial score (nSPS) is 10.9. The van der Waals surface area contributed by atoms with Crippen molar-refractivity contribution < 1.29 is 19.5 Å². The smallest absolute Gasteiger partial charge is 0.342 e. The first-order valence-electron chi connectivity index (χ1n) is 7.63. The number of amides is 2. The molecule has 26 heavy (non-hydrogen) atoms. The summed E-state index contributed by atoms with van der Waals surface area (Å²) in [7, 11) is 0. The summed E-state index contributed by atoms with van der Waals surface area (Å²) in [5.41, 5.74) is -1.25. The van der Waals surface area contributed by atoms with E-state index in [-0.39, 0.29) is 11.7 Å². The van der Waals surface area contributed by atoms with Gasteiger partial charge in [0.2, 0.25) is 11.8 Å². The molecule has 9 heteroatoms. The summed E-state index contributed by atoms with van der Waals surface area (Å²) in [6, 6.07) is 6.42. The van der Waals surface area contributed by atoms with Crippen LogP contribution in [-0.4, -0.2) is 38.4 Å². The van der Waals surface area contributed by atoms with E-state index in [0.29, 0.717) is 11.3 Å². The molecule has 0 aliphatic rings. The Morgan fingerprint density at radius 2 is 1.77 bits per heavy atom. The van der Waals surface area contributed by atoms with Gasteiger partial charge in [0.1, 0.15) is 16.9 Å². The number of nitrogens with zero attached hydrogens (tertiary/aromatic N) is 1. The lowest BCUT2D eigenvalue weighted by Crippen LogP contribution is -2.51. The van der Waals surface area contributed by atoms with Gasteiger partial charge in [0.25, 0.3) is 5.56 Å². The van der Waals surface area contributed by atoms with Crippen molar-refractivity contribution in [3.63, 3.8) is 0 Å². The summed E-state index contributed by atoms with van der Waals surface area (Å²) in [4.78, 5) is 52.2. The van der Waals surface area contributed by atoms with Gasteiger partial charge in [-0.05, 0) is 38.1 Å². The van der Waals surface area contributed by atoms with Crippen LogP contribution in [0, 0.1) is 0 Å². The van der Waals surface area contributed by atoms with Crippen molar-refractivity contribution in [2.24, 2.45) is 0 Å². The number of carbonyl (C=O) groups excluding carboxylic acids is 2. The quantitative estimate of drug-likeness (QED) is 0.628. The summed E-state index contributed by atoms with van der Waals surface area (Å²) in [5.74, 6) is -1.86. The van der Waals surface area contributed by atoms with E-state index in [2.05, 4.69) is 20.6 Å². The van der Waals surface area contributed by atoms with Crippen LogP contribution in [-0.2, 0) is 9.59 Å². The number of aromatic amines is 1. The largest absolute Gasteiger partial charge is 0.477 e. The number of nitrogens with one attached hydrogen (secondary N) is 3. The molecule has 0 saturated carbocycles. The van der Waals surface area contributed by atoms with Gasteiger partial charge in [-0.3, -0.25) is 14.4 Å². The summed E-state index contributed by atoms with van der Waals surface area (Å²) < 4.78 is 0. The molecule has 1 aromatic heterocycles. The third-order valence-corrected chi connectivity index (χ3v) is 3.50. The molecule has 0 atom stereocenters. The molecule has 9 nitrogen and oxygen atoms in total. The number of anilines is 1. The monoisotopic (exact) mass is 358 g/mol. The summed E-state index contributed by atoms with van der Waals surface area (Å²) in [6.07, 6.45) is 0.988. The Bertz CT molecular complexity index is 915. The Balaban J connectivity index is 2.17. The molecule has 4 N–H and O–H groups in total. The van der Waals surface area contributed by atoms with E-state index in [1.54, 1.807) is 38.1 Å². The minimum absolute atomic E-state index is 0.205. The number of hydrogen-bond donors (Lipinski definition) is 4. The van der Waals surface area contributed by atoms with Crippen molar-refractivity contribution in [2.75, 3.05) is 5.32 Å². The van der Waals surface area contributed by atoms with Crippen LogP contribution in [0.25, 0.3) is 11.4 Å². The Labute approximate surface area is 148 Å². The van der Waals surface area contributed by atoms with E-state index >= 15 is 0 Å². The van der Waals surface area contributed by atoms with Crippen LogP contribution in [0.5, 0.6) is 0 Å². The Kier molecular flexibility index (Phi) is 5.20. The van der Waals surface area contributed by atoms with E-state index in [9.17, 15) is 19.2 Å². The molecule has 0 spiro atoms. The second kappa shape index (κ2) is 7.18. The molecule has 2 rings (SSSR count). The number of H-pyrrole nitrogens is 1. The number of carbonyl (C=O) groups is 3. The van der Waals surface area contributed by atoms with Gasteiger partial charge in [-0.15, -0.1) is 0 Å². The minimum atomic E-state index is -1.36. The lowest BCUT2D eigenvalue weighted by atomic mass is 10.0. The van der Waals surface area contributed by atoms with Crippen molar-refractivity contribution >= 4 is 23.5 Å². The van der Waals surface area contributed by atoms with Crippen molar-refractivity contribution in [1.29, 1.82) is 0 Å². The molecule has 1 heterocycles. The van der Waals surface area contributed by atoms with Gasteiger partial charge in [-0.2, -0.15) is 0 Å². The van der Waals surface area contributed by atoms with Crippen LogP contribution in [0.4, 0.5) is 5.69 Å². The molecule has 0 fully saturated rings. The standard InChI is InChI=1S/C17H18N4O5/c1-9(22)21-17(2,3)16(26)19-11-6-4-10(5-7-11)13-18-8-12(15(24)25)14(23)20-13/h4-8H,1-3H3,(H,19,26)(H,21,22)(H,24,25)(H,18,20,23). The van der Waals surface area contributed by atoms with Crippen LogP contribution in [0.15, 0.2) is 35.3 Å². The molecule has 1 aromatic carbocycles. The zero-order chi connectivity index (χ0) is 19.5. The predicted octanol–water partition coefficient (Wildman–Crippen LogP) is 0.988. The molecule has 2 amide bonds. The average molecular weight is 358 g/mol. The van der Waals surface area contributed by atoms with E-state index < -0.39 is 28.5 Å². The van der Waals surface area contributed by atoms with E-state index in [1.165, 1.54) is 6.92 Å². The third kappa shape index (κ3) is 4.32. The van der Waals surface area contributed by atoms with Crippen molar-refractivity contribution in [1.82, 2.24) is 15.3 Å². The van der Waals surface area contributed by atoms with E-state index in [4.69, 9.17) is 5.11 Å². The molecule has 0 aliphatic heterocycles. The highest BCUT2D eigenvalue weighted by molar-refractivity contribution is 5.99. The lowest BCUT2D eigenvalue weighted by Gasteiger charge is -2.24. The summed E-state index contributed by atoms with van der Waals surface area (Å²) in [6.45, 7) is 4.49. The summed E-state index contributed by atoms with van der Waals surface area (Å²) in [5, 5.41) is 14.1. The highest BCUT2D eigenvalue weighted by Crippen LogP contribution is 2.18. The van der Waals surface area contributed by atoms with E-state index in [0.717, 1.165) is 6.20 Å². The van der Waals surface area contributed by atoms with Crippen LogP contribution < -0.4 is 16.2 Å². The highest BCUT2D eigenvalue weighted by atomic mass is 16.4. The number of hydrogen-bond acceptors (Lipinski definition) is 5. The minimum Gasteiger partial charge on any atom is -0.477 e. The molecule has 0 unspecified atom stereocenters. The molecule has 0 radical (unpaired) electrons. The molecule has 136 valence electrons. The fraction of sp³-hybridized carbons (Fsp3) is 0.235. The molecular weight excluding hydrogens is 340 g/mol. The maximum Gasteiger partial charge on any atom is 0.342 e.